The van der Waals surface area contributed by atoms with E-state index in [1.807, 2.05) is 6.92 Å². The molecule has 4 nitrogen and oxygen atoms in total. The molecule has 0 aliphatic carbocycles. The van der Waals surface area contributed by atoms with Crippen LogP contribution in [0.25, 0.3) is 0 Å². The van der Waals surface area contributed by atoms with Crippen LogP contribution in [0.4, 0.5) is 5.69 Å². The predicted molar refractivity (Wildman–Crippen MR) is 107 cm³/mol. The van der Waals surface area contributed by atoms with Gasteiger partial charge in [-0.15, -0.1) is 0 Å². The van der Waals surface area contributed by atoms with Crippen molar-refractivity contribution in [2.24, 2.45) is 4.99 Å². The van der Waals surface area contributed by atoms with Gasteiger partial charge in [0.1, 0.15) is 5.75 Å². The average Bonchev–Trinajstić information content (AvgIpc) is 2.55. The summed E-state index contributed by atoms with van der Waals surface area (Å²) in [5, 5.41) is 2.56. The van der Waals surface area contributed by atoms with Crippen LogP contribution in [0.5, 0.6) is 5.75 Å². The molecule has 0 aliphatic heterocycles. The highest BCUT2D eigenvalue weighted by atomic mass is 79.9. The Morgan fingerprint density at radius 1 is 1.16 bits per heavy atom. The summed E-state index contributed by atoms with van der Waals surface area (Å²) in [6.07, 6.45) is 0. The van der Waals surface area contributed by atoms with Crippen LogP contribution >= 0.6 is 50.7 Å². The van der Waals surface area contributed by atoms with Gasteiger partial charge in [-0.3, -0.25) is 4.79 Å². The molecule has 0 heterocycles. The zero-order valence-electron chi connectivity index (χ0n) is 13.1. The van der Waals surface area contributed by atoms with E-state index in [9.17, 15) is 4.79 Å². The zero-order valence-corrected chi connectivity index (χ0v) is 17.0. The Morgan fingerprint density at radius 2 is 1.80 bits per heavy atom. The molecular formula is C17H14BrCl3N2O2. The molecule has 0 atom stereocenters. The van der Waals surface area contributed by atoms with E-state index in [0.717, 1.165) is 0 Å². The lowest BCUT2D eigenvalue weighted by Gasteiger charge is -2.16. The van der Waals surface area contributed by atoms with Gasteiger partial charge in [-0.2, -0.15) is 0 Å². The zero-order chi connectivity index (χ0) is 18.4. The number of rotatable bonds is 4. The second-order valence-corrected chi connectivity index (χ2v) is 7.95. The number of aliphatic imine (C=N–C) groups is 1. The third kappa shape index (κ3) is 5.89. The van der Waals surface area contributed by atoms with Crippen LogP contribution in [-0.2, 0) is 0 Å². The van der Waals surface area contributed by atoms with Gasteiger partial charge in [-0.05, 0) is 59.3 Å². The molecule has 8 heteroatoms. The first kappa shape index (κ1) is 20.0. The van der Waals surface area contributed by atoms with Gasteiger partial charge in [-0.25, -0.2) is 4.99 Å². The van der Waals surface area contributed by atoms with Gasteiger partial charge in [0.25, 0.3) is 5.91 Å². The van der Waals surface area contributed by atoms with Gasteiger partial charge in [-0.1, -0.05) is 46.9 Å². The minimum absolute atomic E-state index is 0.0950. The van der Waals surface area contributed by atoms with Crippen molar-refractivity contribution in [1.29, 1.82) is 0 Å². The Bertz CT molecular complexity index is 774. The van der Waals surface area contributed by atoms with Gasteiger partial charge in [0.05, 0.1) is 17.9 Å². The maximum atomic E-state index is 12.4. The van der Waals surface area contributed by atoms with Gasteiger partial charge >= 0.3 is 0 Å². The van der Waals surface area contributed by atoms with Gasteiger partial charge in [0.2, 0.25) is 3.79 Å². The minimum Gasteiger partial charge on any atom is -0.494 e. The Balaban J connectivity index is 2.27. The lowest BCUT2D eigenvalue weighted by molar-refractivity contribution is 0.0976. The Kier molecular flexibility index (Phi) is 7.14. The summed E-state index contributed by atoms with van der Waals surface area (Å²) in [6.45, 7) is 2.45. The molecule has 1 amide bonds. The molecule has 0 spiro atoms. The number of halogens is 4. The molecule has 0 unspecified atom stereocenters. The number of hydrogen-bond acceptors (Lipinski definition) is 3. The third-order valence-corrected chi connectivity index (χ3v) is 4.24. The van der Waals surface area contributed by atoms with Crippen LogP contribution in [-0.4, -0.2) is 22.1 Å². The molecule has 2 rings (SSSR count). The minimum atomic E-state index is -1.89. The van der Waals surface area contributed by atoms with Crippen molar-refractivity contribution in [1.82, 2.24) is 5.32 Å². The average molecular weight is 465 g/mol. The van der Waals surface area contributed by atoms with Gasteiger partial charge < -0.3 is 10.1 Å². The molecule has 0 saturated heterocycles. The smallest absolute Gasteiger partial charge is 0.257 e. The van der Waals surface area contributed by atoms with E-state index in [0.29, 0.717) is 28.1 Å². The number of alkyl halides is 3. The van der Waals surface area contributed by atoms with Gasteiger partial charge in [0, 0.05) is 4.47 Å². The van der Waals surface area contributed by atoms with E-state index >= 15 is 0 Å². The van der Waals surface area contributed by atoms with Crippen LogP contribution < -0.4 is 10.1 Å². The molecule has 0 saturated carbocycles. The fourth-order valence-corrected chi connectivity index (χ4v) is 2.63. The summed E-state index contributed by atoms with van der Waals surface area (Å²) in [5.41, 5.74) is 0.911. The summed E-state index contributed by atoms with van der Waals surface area (Å²) in [7, 11) is 0. The van der Waals surface area contributed by atoms with Crippen LogP contribution in [0, 0.1) is 0 Å². The number of hydrogen-bond donors (Lipinski definition) is 1. The molecule has 0 radical (unpaired) electrons. The quantitative estimate of drug-likeness (QED) is 0.360. The molecule has 2 aromatic carbocycles. The van der Waals surface area contributed by atoms with Crippen molar-refractivity contribution in [3.05, 3.63) is 58.6 Å². The van der Waals surface area contributed by atoms with E-state index in [1.54, 1.807) is 48.5 Å². The molecular weight excluding hydrogens is 450 g/mol. The number of ether oxygens (including phenoxy) is 1. The van der Waals surface area contributed by atoms with Crippen molar-refractivity contribution in [3.63, 3.8) is 0 Å². The molecule has 0 aromatic heterocycles. The largest absolute Gasteiger partial charge is 0.494 e. The highest BCUT2D eigenvalue weighted by molar-refractivity contribution is 9.10. The topological polar surface area (TPSA) is 50.7 Å². The number of benzene rings is 2. The number of amidine groups is 1. The fraction of sp³-hybridized carbons (Fsp3) is 0.176. The molecule has 25 heavy (non-hydrogen) atoms. The van der Waals surface area contributed by atoms with E-state index < -0.39 is 9.70 Å². The van der Waals surface area contributed by atoms with E-state index in [2.05, 4.69) is 26.2 Å². The van der Waals surface area contributed by atoms with Crippen molar-refractivity contribution in [2.75, 3.05) is 6.61 Å². The van der Waals surface area contributed by atoms with Crippen LogP contribution in [0.15, 0.2) is 58.0 Å². The molecule has 2 aromatic rings. The maximum Gasteiger partial charge on any atom is 0.257 e. The summed E-state index contributed by atoms with van der Waals surface area (Å²) < 4.78 is 4.10. The second-order valence-electron chi connectivity index (χ2n) is 4.82. The predicted octanol–water partition coefficient (Wildman–Crippen LogP) is 5.68. The SMILES string of the molecule is CCOc1ccc(N=C(NC(=O)c2ccccc2Br)C(Cl)(Cl)Cl)cc1. The molecule has 0 aliphatic rings. The van der Waals surface area contributed by atoms with E-state index in [1.165, 1.54) is 0 Å². The fourth-order valence-electron chi connectivity index (χ4n) is 1.90. The van der Waals surface area contributed by atoms with Gasteiger partial charge in [0.15, 0.2) is 5.84 Å². The highest BCUT2D eigenvalue weighted by Crippen LogP contribution is 2.30. The lowest BCUT2D eigenvalue weighted by Crippen LogP contribution is -2.39. The summed E-state index contributed by atoms with van der Waals surface area (Å²) in [5.74, 6) is 0.167. The lowest BCUT2D eigenvalue weighted by atomic mass is 10.2. The Labute approximate surface area is 169 Å². The first-order chi connectivity index (χ1) is 11.8. The maximum absolute atomic E-state index is 12.4. The van der Waals surface area contributed by atoms with E-state index in [-0.39, 0.29) is 5.84 Å². The van der Waals surface area contributed by atoms with Crippen molar-refractivity contribution in [2.45, 2.75) is 10.7 Å². The van der Waals surface area contributed by atoms with Crippen molar-refractivity contribution in [3.8, 4) is 5.75 Å². The number of carbonyl (C=O) groups is 1. The number of amides is 1. The van der Waals surface area contributed by atoms with Crippen molar-refractivity contribution < 1.29 is 9.53 Å². The highest BCUT2D eigenvalue weighted by Gasteiger charge is 2.30. The Morgan fingerprint density at radius 3 is 2.36 bits per heavy atom. The molecule has 132 valence electrons. The normalized spacial score (nSPS) is 12.0. The Hall–Kier alpha value is -1.27. The van der Waals surface area contributed by atoms with Crippen LogP contribution in [0.1, 0.15) is 17.3 Å². The summed E-state index contributed by atoms with van der Waals surface area (Å²) >= 11 is 21.2. The first-order valence-electron chi connectivity index (χ1n) is 7.26. The van der Waals surface area contributed by atoms with Crippen LogP contribution in [0.3, 0.4) is 0 Å². The first-order valence-corrected chi connectivity index (χ1v) is 9.18. The standard InChI is InChI=1S/C17H14BrCl3N2O2/c1-2-25-12-9-7-11(8-10-12)22-16(17(19,20)21)23-15(24)13-5-3-4-6-14(13)18/h3-10H,2H2,1H3,(H,22,23,24). The van der Waals surface area contributed by atoms with Crippen molar-refractivity contribution >= 4 is 68.2 Å². The number of nitrogens with one attached hydrogen (secondary N) is 1. The number of nitrogens with zero attached hydrogens (tertiary/aromatic N) is 1. The second kappa shape index (κ2) is 8.90. The molecule has 1 N–H and O–H groups in total. The molecule has 0 bridgehead atoms. The summed E-state index contributed by atoms with van der Waals surface area (Å²) in [4.78, 5) is 16.7. The number of carbonyl (C=O) groups excluding carboxylic acids is 1. The summed E-state index contributed by atoms with van der Waals surface area (Å²) in [6, 6.07) is 13.8. The monoisotopic (exact) mass is 462 g/mol. The van der Waals surface area contributed by atoms with Crippen LogP contribution in [0.2, 0.25) is 0 Å². The molecule has 0 fully saturated rings. The van der Waals surface area contributed by atoms with E-state index in [4.69, 9.17) is 39.5 Å². The third-order valence-electron chi connectivity index (χ3n) is 3.01.